The Morgan fingerprint density at radius 1 is 1.20 bits per heavy atom. The Hall–Kier alpha value is -1.79. The molecule has 0 radical (unpaired) electrons. The highest BCUT2D eigenvalue weighted by Gasteiger charge is 2.40. The molecule has 0 aliphatic heterocycles. The second-order valence-corrected chi connectivity index (χ2v) is 5.16. The minimum Gasteiger partial charge on any atom is -0.480 e. The summed E-state index contributed by atoms with van der Waals surface area (Å²) in [5.74, 6) is -1.22. The molecule has 1 fully saturated rings. The average molecular weight is 285 g/mol. The number of hydrogen-bond acceptors (Lipinski definition) is 3. The Kier molecular flexibility index (Phi) is 5.79. The van der Waals surface area contributed by atoms with Crippen molar-refractivity contribution in [3.05, 3.63) is 0 Å². The highest BCUT2D eigenvalue weighted by atomic mass is 16.4. The van der Waals surface area contributed by atoms with Crippen LogP contribution in [0.2, 0.25) is 0 Å². The van der Waals surface area contributed by atoms with Gasteiger partial charge in [0.1, 0.15) is 5.54 Å². The van der Waals surface area contributed by atoms with E-state index in [4.69, 9.17) is 0 Å². The first kappa shape index (κ1) is 16.3. The van der Waals surface area contributed by atoms with E-state index in [-0.39, 0.29) is 12.5 Å². The molecule has 0 bridgehead atoms. The van der Waals surface area contributed by atoms with Crippen molar-refractivity contribution in [1.82, 2.24) is 15.5 Å². The molecule has 1 saturated carbocycles. The molecule has 114 valence electrons. The van der Waals surface area contributed by atoms with E-state index in [2.05, 4.69) is 10.6 Å². The molecule has 1 aliphatic carbocycles. The summed E-state index contributed by atoms with van der Waals surface area (Å²) in [6.45, 7) is 2.26. The maximum absolute atomic E-state index is 11.8. The second-order valence-electron chi connectivity index (χ2n) is 5.16. The molecule has 1 rings (SSSR count). The van der Waals surface area contributed by atoms with E-state index < -0.39 is 17.5 Å². The highest BCUT2D eigenvalue weighted by molar-refractivity contribution is 5.88. The quantitative estimate of drug-likeness (QED) is 0.687. The molecule has 0 spiro atoms. The van der Waals surface area contributed by atoms with Gasteiger partial charge in [-0.2, -0.15) is 0 Å². The SMILES string of the molecule is CCN(C)C(=O)CNC(=O)NC1(C(=O)O)CCCCC1. The summed E-state index contributed by atoms with van der Waals surface area (Å²) < 4.78 is 0. The first-order valence-electron chi connectivity index (χ1n) is 6.94. The number of nitrogens with zero attached hydrogens (tertiary/aromatic N) is 1. The summed E-state index contributed by atoms with van der Waals surface area (Å²) >= 11 is 0. The fourth-order valence-electron chi connectivity index (χ4n) is 2.28. The van der Waals surface area contributed by atoms with Crippen molar-refractivity contribution < 1.29 is 19.5 Å². The van der Waals surface area contributed by atoms with Gasteiger partial charge in [-0.1, -0.05) is 19.3 Å². The fraction of sp³-hybridized carbons (Fsp3) is 0.769. The molecule has 20 heavy (non-hydrogen) atoms. The maximum atomic E-state index is 11.8. The summed E-state index contributed by atoms with van der Waals surface area (Å²) in [4.78, 5) is 36.2. The first-order chi connectivity index (χ1) is 9.41. The number of urea groups is 1. The summed E-state index contributed by atoms with van der Waals surface area (Å²) in [5.41, 5.74) is -1.19. The Balaban J connectivity index is 2.51. The zero-order chi connectivity index (χ0) is 15.2. The monoisotopic (exact) mass is 285 g/mol. The lowest BCUT2D eigenvalue weighted by molar-refractivity contribution is -0.145. The number of amides is 3. The lowest BCUT2D eigenvalue weighted by Crippen LogP contribution is -2.58. The molecule has 0 atom stereocenters. The molecule has 0 unspecified atom stereocenters. The maximum Gasteiger partial charge on any atom is 0.329 e. The van der Waals surface area contributed by atoms with Crippen LogP contribution in [0.25, 0.3) is 0 Å². The lowest BCUT2D eigenvalue weighted by atomic mass is 9.82. The molecule has 0 aromatic heterocycles. The Bertz CT molecular complexity index is 378. The zero-order valence-electron chi connectivity index (χ0n) is 12.1. The van der Waals surface area contributed by atoms with Crippen molar-refractivity contribution in [2.75, 3.05) is 20.1 Å². The van der Waals surface area contributed by atoms with Crippen molar-refractivity contribution in [2.24, 2.45) is 0 Å². The van der Waals surface area contributed by atoms with Gasteiger partial charge in [0.15, 0.2) is 0 Å². The minimum atomic E-state index is -1.19. The molecule has 3 N–H and O–H groups in total. The molecule has 7 nitrogen and oxygen atoms in total. The van der Waals surface area contributed by atoms with Crippen molar-refractivity contribution >= 4 is 17.9 Å². The number of carbonyl (C=O) groups excluding carboxylic acids is 2. The third-order valence-electron chi connectivity index (χ3n) is 3.77. The van der Waals surface area contributed by atoms with Gasteiger partial charge in [0.2, 0.25) is 5.91 Å². The van der Waals surface area contributed by atoms with E-state index in [0.717, 1.165) is 19.3 Å². The molecular weight excluding hydrogens is 262 g/mol. The summed E-state index contributed by atoms with van der Waals surface area (Å²) in [5, 5.41) is 14.3. The number of carbonyl (C=O) groups is 3. The van der Waals surface area contributed by atoms with Gasteiger partial charge in [-0.3, -0.25) is 4.79 Å². The van der Waals surface area contributed by atoms with Crippen LogP contribution in [-0.4, -0.2) is 53.6 Å². The zero-order valence-corrected chi connectivity index (χ0v) is 12.1. The smallest absolute Gasteiger partial charge is 0.329 e. The molecular formula is C13H23N3O4. The first-order valence-corrected chi connectivity index (χ1v) is 6.94. The standard InChI is InChI=1S/C13H23N3O4/c1-3-16(2)10(17)9-14-12(20)15-13(11(18)19)7-5-4-6-8-13/h3-9H2,1-2H3,(H,18,19)(H2,14,15,20). The number of aliphatic carboxylic acids is 1. The van der Waals surface area contributed by atoms with Crippen LogP contribution in [0.1, 0.15) is 39.0 Å². The number of carboxylic acid groups (broad SMARTS) is 1. The number of nitrogens with one attached hydrogen (secondary N) is 2. The van der Waals surface area contributed by atoms with Crippen molar-refractivity contribution in [1.29, 1.82) is 0 Å². The van der Waals surface area contributed by atoms with E-state index in [1.165, 1.54) is 4.90 Å². The number of carboxylic acids is 1. The number of likely N-dealkylation sites (N-methyl/N-ethyl adjacent to an activating group) is 1. The number of hydrogen-bond donors (Lipinski definition) is 3. The molecule has 1 aliphatic rings. The highest BCUT2D eigenvalue weighted by Crippen LogP contribution is 2.28. The molecule has 0 heterocycles. The van der Waals surface area contributed by atoms with E-state index >= 15 is 0 Å². The predicted octanol–water partition coefficient (Wildman–Crippen LogP) is 0.551. The normalized spacial score (nSPS) is 17.1. The predicted molar refractivity (Wildman–Crippen MR) is 73.3 cm³/mol. The largest absolute Gasteiger partial charge is 0.480 e. The van der Waals surface area contributed by atoms with Crippen molar-refractivity contribution in [2.45, 2.75) is 44.6 Å². The van der Waals surface area contributed by atoms with Gasteiger partial charge in [-0.25, -0.2) is 9.59 Å². The molecule has 0 saturated heterocycles. The van der Waals surface area contributed by atoms with Crippen molar-refractivity contribution in [3.8, 4) is 0 Å². The Labute approximate surface area is 118 Å². The van der Waals surface area contributed by atoms with Gasteiger partial charge in [0.25, 0.3) is 0 Å². The van der Waals surface area contributed by atoms with Gasteiger partial charge < -0.3 is 20.6 Å². The topological polar surface area (TPSA) is 98.7 Å². The van der Waals surface area contributed by atoms with E-state index in [9.17, 15) is 19.5 Å². The van der Waals surface area contributed by atoms with Crippen LogP contribution < -0.4 is 10.6 Å². The molecule has 7 heteroatoms. The minimum absolute atomic E-state index is 0.133. The Morgan fingerprint density at radius 3 is 2.30 bits per heavy atom. The Morgan fingerprint density at radius 2 is 1.80 bits per heavy atom. The van der Waals surface area contributed by atoms with Gasteiger partial charge in [-0.05, 0) is 19.8 Å². The summed E-state index contributed by atoms with van der Waals surface area (Å²) in [6, 6.07) is -0.604. The molecule has 3 amide bonds. The third kappa shape index (κ3) is 4.11. The average Bonchev–Trinajstić information content (AvgIpc) is 2.44. The van der Waals surface area contributed by atoms with Crippen LogP contribution in [0.5, 0.6) is 0 Å². The van der Waals surface area contributed by atoms with E-state index in [0.29, 0.717) is 19.4 Å². The molecule has 0 aromatic carbocycles. The van der Waals surface area contributed by atoms with Gasteiger partial charge in [-0.15, -0.1) is 0 Å². The van der Waals surface area contributed by atoms with Gasteiger partial charge in [0.05, 0.1) is 6.54 Å². The number of rotatable bonds is 5. The summed E-state index contributed by atoms with van der Waals surface area (Å²) in [6.07, 6.45) is 3.41. The van der Waals surface area contributed by atoms with Crippen LogP contribution in [0, 0.1) is 0 Å². The van der Waals surface area contributed by atoms with Crippen LogP contribution in [0.4, 0.5) is 4.79 Å². The lowest BCUT2D eigenvalue weighted by Gasteiger charge is -2.33. The van der Waals surface area contributed by atoms with Gasteiger partial charge in [0, 0.05) is 13.6 Å². The van der Waals surface area contributed by atoms with Crippen LogP contribution in [-0.2, 0) is 9.59 Å². The van der Waals surface area contributed by atoms with E-state index in [1.807, 2.05) is 6.92 Å². The van der Waals surface area contributed by atoms with Crippen LogP contribution in [0.3, 0.4) is 0 Å². The van der Waals surface area contributed by atoms with Gasteiger partial charge >= 0.3 is 12.0 Å². The van der Waals surface area contributed by atoms with Crippen LogP contribution in [0.15, 0.2) is 0 Å². The molecule has 0 aromatic rings. The fourth-order valence-corrected chi connectivity index (χ4v) is 2.28. The second kappa shape index (κ2) is 7.12. The van der Waals surface area contributed by atoms with Crippen LogP contribution >= 0.6 is 0 Å². The summed E-state index contributed by atoms with van der Waals surface area (Å²) in [7, 11) is 1.64. The third-order valence-corrected chi connectivity index (χ3v) is 3.77. The van der Waals surface area contributed by atoms with E-state index in [1.54, 1.807) is 7.05 Å². The van der Waals surface area contributed by atoms with Crippen molar-refractivity contribution in [3.63, 3.8) is 0 Å².